The third-order valence-electron chi connectivity index (χ3n) is 9.76. The van der Waals surface area contributed by atoms with Gasteiger partial charge in [0, 0.05) is 25.5 Å². The second-order valence-corrected chi connectivity index (χ2v) is 17.7. The van der Waals surface area contributed by atoms with Crippen molar-refractivity contribution in [2.75, 3.05) is 12.4 Å². The molecule has 0 fully saturated rings. The topological polar surface area (TPSA) is 61.8 Å². The number of hydrogen-bond acceptors (Lipinski definition) is 6. The minimum atomic E-state index is -3.41. The van der Waals surface area contributed by atoms with Crippen LogP contribution in [0.2, 0.25) is 6.04 Å². The van der Waals surface area contributed by atoms with E-state index in [1.54, 1.807) is 0 Å². The van der Waals surface area contributed by atoms with Crippen LogP contribution in [0, 0.1) is 0 Å². The van der Waals surface area contributed by atoms with E-state index in [2.05, 4.69) is 26.5 Å². The Balaban J connectivity index is 4.16. The van der Waals surface area contributed by atoms with Gasteiger partial charge in [0.1, 0.15) is 0 Å². The number of thiol groups is 1. The highest BCUT2D eigenvalue weighted by atomic mass is 32.1. The number of carbonyl (C=O) groups excluding carboxylic acids is 2. The van der Waals surface area contributed by atoms with Gasteiger partial charge in [-0.25, -0.2) is 0 Å². The van der Waals surface area contributed by atoms with Crippen LogP contribution in [-0.4, -0.2) is 33.1 Å². The standard InChI is InChI=1S/C42H84O5SSi/c1-4-7-9-11-13-15-17-19-21-23-25-27-29-31-33-37-41(43)46-49(45-6-3,40-36-35-39-48)47-42(44)38-34-32-30-28-26-24-22-20-18-16-14-12-10-8-5-2/h48H,4-40H2,1-3H3. The average molecular weight is 729 g/mol. The van der Waals surface area contributed by atoms with Gasteiger partial charge in [0.2, 0.25) is 0 Å². The predicted molar refractivity (Wildman–Crippen MR) is 217 cm³/mol. The summed E-state index contributed by atoms with van der Waals surface area (Å²) in [5, 5.41) is 0. The lowest BCUT2D eigenvalue weighted by Crippen LogP contribution is -2.49. The molecule has 0 bridgehead atoms. The molecule has 0 aliphatic carbocycles. The van der Waals surface area contributed by atoms with Gasteiger partial charge in [-0.05, 0) is 38.4 Å². The van der Waals surface area contributed by atoms with Crippen LogP contribution in [0.5, 0.6) is 0 Å². The molecule has 0 radical (unpaired) electrons. The molecule has 0 rings (SSSR count). The van der Waals surface area contributed by atoms with Crippen molar-refractivity contribution in [3.8, 4) is 0 Å². The Hall–Kier alpha value is -0.533. The van der Waals surface area contributed by atoms with Crippen LogP contribution in [0.4, 0.5) is 0 Å². The fraction of sp³-hybridized carbons (Fsp3) is 0.952. The first-order valence-electron chi connectivity index (χ1n) is 21.7. The number of unbranched alkanes of at least 4 members (excludes halogenated alkanes) is 29. The molecule has 0 aromatic heterocycles. The quantitative estimate of drug-likeness (QED) is 0.0387. The van der Waals surface area contributed by atoms with Gasteiger partial charge in [0.05, 0.1) is 0 Å². The van der Waals surface area contributed by atoms with Gasteiger partial charge >= 0.3 is 8.80 Å². The molecule has 0 unspecified atom stereocenters. The van der Waals surface area contributed by atoms with Gasteiger partial charge in [0.25, 0.3) is 11.9 Å². The zero-order valence-corrected chi connectivity index (χ0v) is 35.0. The third-order valence-corrected chi connectivity index (χ3v) is 12.9. The summed E-state index contributed by atoms with van der Waals surface area (Å²) in [5.74, 6) is 0.192. The summed E-state index contributed by atoms with van der Waals surface area (Å²) in [7, 11) is -3.41. The van der Waals surface area contributed by atoms with E-state index >= 15 is 0 Å². The molecule has 0 aromatic rings. The lowest BCUT2D eigenvalue weighted by atomic mass is 10.0. The molecular formula is C42H84O5SSi. The van der Waals surface area contributed by atoms with Crippen LogP contribution in [-0.2, 0) is 22.9 Å². The van der Waals surface area contributed by atoms with Crippen LogP contribution in [0.25, 0.3) is 0 Å². The molecule has 0 saturated carbocycles. The summed E-state index contributed by atoms with van der Waals surface area (Å²) in [4.78, 5) is 25.8. The minimum Gasteiger partial charge on any atom is -0.464 e. The molecule has 0 N–H and O–H groups in total. The Kier molecular flexibility index (Phi) is 38.3. The highest BCUT2D eigenvalue weighted by molar-refractivity contribution is 7.80. The number of hydrogen-bond donors (Lipinski definition) is 1. The second kappa shape index (κ2) is 38.7. The van der Waals surface area contributed by atoms with Crippen molar-refractivity contribution >= 4 is 33.4 Å². The van der Waals surface area contributed by atoms with Crippen molar-refractivity contribution in [3.63, 3.8) is 0 Å². The van der Waals surface area contributed by atoms with Crippen molar-refractivity contribution in [2.24, 2.45) is 0 Å². The van der Waals surface area contributed by atoms with Crippen LogP contribution in [0.15, 0.2) is 0 Å². The largest absolute Gasteiger partial charge is 0.636 e. The number of rotatable bonds is 40. The van der Waals surface area contributed by atoms with Gasteiger partial charge in [-0.15, -0.1) is 0 Å². The molecular weight excluding hydrogens is 645 g/mol. The first kappa shape index (κ1) is 48.5. The lowest BCUT2D eigenvalue weighted by molar-refractivity contribution is -0.146. The highest BCUT2D eigenvalue weighted by Crippen LogP contribution is 2.23. The lowest BCUT2D eigenvalue weighted by Gasteiger charge is -2.28. The summed E-state index contributed by atoms with van der Waals surface area (Å²) in [6.45, 7) is 6.80. The molecule has 0 saturated heterocycles. The molecule has 0 aliphatic heterocycles. The molecule has 5 nitrogen and oxygen atoms in total. The van der Waals surface area contributed by atoms with E-state index in [1.807, 2.05) is 6.92 Å². The summed E-state index contributed by atoms with van der Waals surface area (Å²) in [6.07, 6.45) is 41.1. The molecule has 0 amide bonds. The first-order valence-corrected chi connectivity index (χ1v) is 24.3. The van der Waals surface area contributed by atoms with Gasteiger partial charge < -0.3 is 13.3 Å². The SMILES string of the molecule is CCCCCCCCCCCCCCCCCC(=O)O[Si](CCCCS)(OCC)OC(=O)CCCCCCCCCCCCCCCCC. The summed E-state index contributed by atoms with van der Waals surface area (Å²) in [6, 6.07) is 0.483. The Morgan fingerprint density at radius 1 is 0.408 bits per heavy atom. The number of carbonyl (C=O) groups is 2. The molecule has 0 spiro atoms. The van der Waals surface area contributed by atoms with E-state index in [9.17, 15) is 9.59 Å². The monoisotopic (exact) mass is 729 g/mol. The normalized spacial score (nSPS) is 11.7. The minimum absolute atomic E-state index is 0.277. The molecule has 49 heavy (non-hydrogen) atoms. The van der Waals surface area contributed by atoms with Crippen molar-refractivity contribution in [2.45, 2.75) is 245 Å². The molecule has 292 valence electrons. The zero-order chi connectivity index (χ0) is 35.9. The van der Waals surface area contributed by atoms with Crippen molar-refractivity contribution in [3.05, 3.63) is 0 Å². The van der Waals surface area contributed by atoms with Crippen LogP contribution < -0.4 is 0 Å². The Labute approximate surface area is 312 Å². The van der Waals surface area contributed by atoms with Gasteiger partial charge in [-0.1, -0.05) is 194 Å². The summed E-state index contributed by atoms with van der Waals surface area (Å²) >= 11 is 4.34. The predicted octanol–water partition coefficient (Wildman–Crippen LogP) is 14.3. The van der Waals surface area contributed by atoms with Crippen LogP contribution in [0.3, 0.4) is 0 Å². The fourth-order valence-electron chi connectivity index (χ4n) is 6.66. The first-order chi connectivity index (χ1) is 24.0. The molecule has 7 heteroatoms. The maximum absolute atomic E-state index is 12.9. The van der Waals surface area contributed by atoms with Crippen molar-refractivity contribution in [1.82, 2.24) is 0 Å². The molecule has 0 aliphatic rings. The van der Waals surface area contributed by atoms with E-state index in [0.717, 1.165) is 57.1 Å². The highest BCUT2D eigenvalue weighted by Gasteiger charge is 2.48. The average Bonchev–Trinajstić information content (AvgIpc) is 3.08. The van der Waals surface area contributed by atoms with Gasteiger partial charge in [0.15, 0.2) is 0 Å². The Bertz CT molecular complexity index is 659. The maximum atomic E-state index is 12.9. The Morgan fingerprint density at radius 2 is 0.694 bits per heavy atom. The summed E-state index contributed by atoms with van der Waals surface area (Å²) < 4.78 is 17.9. The van der Waals surface area contributed by atoms with E-state index in [-0.39, 0.29) is 11.9 Å². The van der Waals surface area contributed by atoms with Crippen molar-refractivity contribution < 1.29 is 22.9 Å². The van der Waals surface area contributed by atoms with Gasteiger partial charge in [-0.3, -0.25) is 9.59 Å². The van der Waals surface area contributed by atoms with E-state index < -0.39 is 8.80 Å². The zero-order valence-electron chi connectivity index (χ0n) is 33.2. The molecule has 0 aromatic carbocycles. The van der Waals surface area contributed by atoms with E-state index in [0.29, 0.717) is 25.5 Å². The second-order valence-electron chi connectivity index (χ2n) is 14.6. The summed E-state index contributed by atoms with van der Waals surface area (Å²) in [5.41, 5.74) is 0. The van der Waals surface area contributed by atoms with Crippen LogP contribution >= 0.6 is 12.6 Å². The maximum Gasteiger partial charge on any atom is 0.636 e. The molecule has 0 heterocycles. The van der Waals surface area contributed by atoms with E-state index in [4.69, 9.17) is 13.3 Å². The van der Waals surface area contributed by atoms with Gasteiger partial charge in [-0.2, -0.15) is 12.6 Å². The smallest absolute Gasteiger partial charge is 0.464 e. The van der Waals surface area contributed by atoms with Crippen LogP contribution in [0.1, 0.15) is 239 Å². The third kappa shape index (κ3) is 34.3. The fourth-order valence-corrected chi connectivity index (χ4v) is 9.41. The molecule has 0 atom stereocenters. The Morgan fingerprint density at radius 3 is 0.959 bits per heavy atom. The van der Waals surface area contributed by atoms with Crippen molar-refractivity contribution in [1.29, 1.82) is 0 Å². The van der Waals surface area contributed by atoms with E-state index in [1.165, 1.54) is 154 Å².